The van der Waals surface area contributed by atoms with Crippen molar-refractivity contribution in [1.82, 2.24) is 29.5 Å². The molecule has 4 rings (SSSR count). The first kappa shape index (κ1) is 18.6. The van der Waals surface area contributed by atoms with Gasteiger partial charge in [-0.1, -0.05) is 6.07 Å². The second kappa shape index (κ2) is 8.09. The lowest BCUT2D eigenvalue weighted by Crippen LogP contribution is -2.48. The summed E-state index contributed by atoms with van der Waals surface area (Å²) in [5.41, 5.74) is 1.69. The number of hydrogen-bond acceptors (Lipinski definition) is 5. The molecule has 0 spiro atoms. The fourth-order valence-electron chi connectivity index (χ4n) is 3.29. The van der Waals surface area contributed by atoms with Gasteiger partial charge in [-0.15, -0.1) is 0 Å². The number of piperazine rings is 1. The highest BCUT2D eigenvalue weighted by molar-refractivity contribution is 6.02. The summed E-state index contributed by atoms with van der Waals surface area (Å²) in [7, 11) is 0. The number of rotatable bonds is 5. The molecule has 4 heterocycles. The van der Waals surface area contributed by atoms with Crippen LogP contribution in [0.2, 0.25) is 0 Å². The number of carbonyl (C=O) groups excluding carboxylic acids is 3. The van der Waals surface area contributed by atoms with Crippen molar-refractivity contribution in [1.29, 1.82) is 0 Å². The molecule has 3 aromatic rings. The highest BCUT2D eigenvalue weighted by Gasteiger charge is 2.27. The van der Waals surface area contributed by atoms with E-state index in [1.54, 1.807) is 51.0 Å². The number of nitrogens with zero attached hydrogens (tertiary/aromatic N) is 5. The summed E-state index contributed by atoms with van der Waals surface area (Å²) >= 11 is 0. The molecule has 0 bridgehead atoms. The number of imidazole rings is 1. The minimum atomic E-state index is -0.352. The summed E-state index contributed by atoms with van der Waals surface area (Å²) in [6, 6.07) is 8.98. The van der Waals surface area contributed by atoms with Crippen molar-refractivity contribution in [3.05, 3.63) is 66.0 Å². The zero-order valence-corrected chi connectivity index (χ0v) is 15.7. The molecule has 0 saturated carbocycles. The van der Waals surface area contributed by atoms with E-state index in [-0.39, 0.29) is 23.3 Å². The van der Waals surface area contributed by atoms with Gasteiger partial charge < -0.3 is 15.1 Å². The third-order valence-corrected chi connectivity index (χ3v) is 4.91. The SMILES string of the molecule is O=CN1CCN(C(=O)c2nc(C(=O)NCc3ccncc3)c3ccccn23)CC1. The first-order valence-corrected chi connectivity index (χ1v) is 9.30. The van der Waals surface area contributed by atoms with Crippen LogP contribution in [-0.4, -0.2) is 68.6 Å². The van der Waals surface area contributed by atoms with Crippen molar-refractivity contribution >= 4 is 23.7 Å². The standard InChI is InChI=1S/C20H20N6O3/c27-14-24-9-11-25(12-10-24)20(29)18-23-17(16-3-1-2-8-26(16)18)19(28)22-13-15-4-6-21-7-5-15/h1-8,14H,9-13H2,(H,22,28). The summed E-state index contributed by atoms with van der Waals surface area (Å²) in [6.45, 7) is 2.17. The van der Waals surface area contributed by atoms with Crippen molar-refractivity contribution < 1.29 is 14.4 Å². The monoisotopic (exact) mass is 392 g/mol. The largest absolute Gasteiger partial charge is 0.347 e. The maximum Gasteiger partial charge on any atom is 0.290 e. The lowest BCUT2D eigenvalue weighted by atomic mass is 10.2. The Balaban J connectivity index is 1.57. The van der Waals surface area contributed by atoms with E-state index in [4.69, 9.17) is 0 Å². The quantitative estimate of drug-likeness (QED) is 0.640. The Kier molecular flexibility index (Phi) is 5.19. The molecule has 1 N–H and O–H groups in total. The van der Waals surface area contributed by atoms with Gasteiger partial charge in [-0.3, -0.25) is 23.8 Å². The maximum absolute atomic E-state index is 13.0. The molecule has 0 atom stereocenters. The fraction of sp³-hybridized carbons (Fsp3) is 0.250. The molecule has 3 amide bonds. The van der Waals surface area contributed by atoms with Crippen LogP contribution < -0.4 is 5.32 Å². The maximum atomic E-state index is 13.0. The fourth-order valence-corrected chi connectivity index (χ4v) is 3.29. The van der Waals surface area contributed by atoms with Gasteiger partial charge in [-0.05, 0) is 29.8 Å². The molecular formula is C20H20N6O3. The predicted molar refractivity (Wildman–Crippen MR) is 104 cm³/mol. The number of hydrogen-bond donors (Lipinski definition) is 1. The zero-order valence-electron chi connectivity index (χ0n) is 15.7. The lowest BCUT2D eigenvalue weighted by Gasteiger charge is -2.32. The van der Waals surface area contributed by atoms with E-state index in [1.807, 2.05) is 12.1 Å². The molecule has 0 radical (unpaired) electrons. The second-order valence-corrected chi connectivity index (χ2v) is 6.71. The Hall–Kier alpha value is -3.75. The van der Waals surface area contributed by atoms with Crippen LogP contribution in [0.1, 0.15) is 26.7 Å². The van der Waals surface area contributed by atoms with Gasteiger partial charge in [0.2, 0.25) is 12.2 Å². The minimum Gasteiger partial charge on any atom is -0.347 e. The van der Waals surface area contributed by atoms with Crippen molar-refractivity contribution in [3.63, 3.8) is 0 Å². The third-order valence-electron chi connectivity index (χ3n) is 4.91. The number of fused-ring (bicyclic) bond motifs is 1. The van der Waals surface area contributed by atoms with Crippen LogP contribution in [0.3, 0.4) is 0 Å². The van der Waals surface area contributed by atoms with Gasteiger partial charge in [0.25, 0.3) is 11.8 Å². The first-order valence-electron chi connectivity index (χ1n) is 9.30. The summed E-state index contributed by atoms with van der Waals surface area (Å²) in [4.78, 5) is 48.3. The number of nitrogens with one attached hydrogen (secondary N) is 1. The van der Waals surface area contributed by atoms with Crippen molar-refractivity contribution in [3.8, 4) is 0 Å². The summed E-state index contributed by atoms with van der Waals surface area (Å²) in [6.07, 6.45) is 5.83. The Labute approximate surface area is 167 Å². The van der Waals surface area contributed by atoms with Gasteiger partial charge in [0, 0.05) is 51.3 Å². The lowest BCUT2D eigenvalue weighted by molar-refractivity contribution is -0.119. The first-order chi connectivity index (χ1) is 14.2. The highest BCUT2D eigenvalue weighted by atomic mass is 16.2. The topological polar surface area (TPSA) is 99.9 Å². The smallest absolute Gasteiger partial charge is 0.290 e. The molecule has 0 aliphatic carbocycles. The van der Waals surface area contributed by atoms with E-state index in [0.717, 1.165) is 12.0 Å². The second-order valence-electron chi connectivity index (χ2n) is 6.71. The van der Waals surface area contributed by atoms with Crippen LogP contribution in [0.15, 0.2) is 48.9 Å². The average Bonchev–Trinajstić information content (AvgIpc) is 3.17. The summed E-state index contributed by atoms with van der Waals surface area (Å²) in [5, 5.41) is 2.84. The summed E-state index contributed by atoms with van der Waals surface area (Å²) < 4.78 is 1.63. The Morgan fingerprint density at radius 3 is 2.55 bits per heavy atom. The Morgan fingerprint density at radius 1 is 1.07 bits per heavy atom. The van der Waals surface area contributed by atoms with Crippen LogP contribution in [-0.2, 0) is 11.3 Å². The Morgan fingerprint density at radius 2 is 1.83 bits per heavy atom. The van der Waals surface area contributed by atoms with Crippen molar-refractivity contribution in [2.45, 2.75) is 6.54 Å². The van der Waals surface area contributed by atoms with E-state index in [9.17, 15) is 14.4 Å². The van der Waals surface area contributed by atoms with E-state index in [0.29, 0.717) is 38.2 Å². The van der Waals surface area contributed by atoms with Gasteiger partial charge >= 0.3 is 0 Å². The number of pyridine rings is 2. The van der Waals surface area contributed by atoms with Crippen LogP contribution in [0.25, 0.3) is 5.52 Å². The summed E-state index contributed by atoms with van der Waals surface area (Å²) in [5.74, 6) is -0.422. The van der Waals surface area contributed by atoms with Crippen molar-refractivity contribution in [2.75, 3.05) is 26.2 Å². The Bertz CT molecular complexity index is 1040. The molecular weight excluding hydrogens is 372 g/mol. The molecule has 29 heavy (non-hydrogen) atoms. The van der Waals surface area contributed by atoms with E-state index in [1.165, 1.54) is 0 Å². The number of carbonyl (C=O) groups is 3. The van der Waals surface area contributed by atoms with E-state index in [2.05, 4.69) is 15.3 Å². The number of amides is 3. The minimum absolute atomic E-state index is 0.189. The predicted octanol–water partition coefficient (Wildman–Crippen LogP) is 0.573. The molecule has 9 nitrogen and oxygen atoms in total. The molecule has 0 aromatic carbocycles. The van der Waals surface area contributed by atoms with Gasteiger partial charge in [0.05, 0.1) is 5.52 Å². The molecule has 1 aliphatic heterocycles. The third kappa shape index (κ3) is 3.79. The van der Waals surface area contributed by atoms with E-state index < -0.39 is 0 Å². The molecule has 0 unspecified atom stereocenters. The number of aromatic nitrogens is 3. The van der Waals surface area contributed by atoms with Crippen LogP contribution in [0, 0.1) is 0 Å². The average molecular weight is 392 g/mol. The van der Waals surface area contributed by atoms with Crippen LogP contribution in [0.5, 0.6) is 0 Å². The molecule has 148 valence electrons. The molecule has 1 aliphatic rings. The van der Waals surface area contributed by atoms with Gasteiger partial charge in [-0.2, -0.15) is 0 Å². The molecule has 9 heteroatoms. The van der Waals surface area contributed by atoms with Crippen LogP contribution in [0.4, 0.5) is 0 Å². The van der Waals surface area contributed by atoms with Crippen molar-refractivity contribution in [2.24, 2.45) is 0 Å². The zero-order chi connectivity index (χ0) is 20.2. The van der Waals surface area contributed by atoms with Crippen LogP contribution >= 0.6 is 0 Å². The van der Waals surface area contributed by atoms with Gasteiger partial charge in [0.15, 0.2) is 5.69 Å². The van der Waals surface area contributed by atoms with Gasteiger partial charge in [-0.25, -0.2) is 4.98 Å². The van der Waals surface area contributed by atoms with E-state index >= 15 is 0 Å². The molecule has 3 aromatic heterocycles. The van der Waals surface area contributed by atoms with Gasteiger partial charge in [0.1, 0.15) is 0 Å². The normalized spacial score (nSPS) is 14.1. The molecule has 1 saturated heterocycles. The molecule has 1 fully saturated rings. The highest BCUT2D eigenvalue weighted by Crippen LogP contribution is 2.16.